The van der Waals surface area contributed by atoms with E-state index in [0.29, 0.717) is 6.42 Å². The Labute approximate surface area is 87.2 Å². The lowest BCUT2D eigenvalue weighted by Crippen LogP contribution is -2.43. The van der Waals surface area contributed by atoms with Gasteiger partial charge in [-0.05, 0) is 41.5 Å². The molecule has 0 aromatic heterocycles. The van der Waals surface area contributed by atoms with Crippen LogP contribution in [0, 0.1) is 0 Å². The number of hydrogen-bond donors (Lipinski definition) is 1. The van der Waals surface area contributed by atoms with Crippen LogP contribution in [-0.2, 0) is 9.53 Å². The Kier molecular flexibility index (Phi) is 5.13. The van der Waals surface area contributed by atoms with Crippen molar-refractivity contribution in [1.82, 2.24) is 5.32 Å². The monoisotopic (exact) mass is 201 g/mol. The van der Waals surface area contributed by atoms with Gasteiger partial charge >= 0.3 is 5.97 Å². The van der Waals surface area contributed by atoms with E-state index in [1.165, 1.54) is 0 Å². The molecule has 0 aromatic rings. The molecule has 0 aliphatic heterocycles. The van der Waals surface area contributed by atoms with Crippen molar-refractivity contribution in [2.45, 2.75) is 65.6 Å². The minimum Gasteiger partial charge on any atom is -0.463 e. The molecule has 0 heterocycles. The van der Waals surface area contributed by atoms with Crippen LogP contribution < -0.4 is 5.32 Å². The van der Waals surface area contributed by atoms with Crippen LogP contribution in [0.4, 0.5) is 0 Å². The fourth-order valence-electron chi connectivity index (χ4n) is 1.35. The smallest absolute Gasteiger partial charge is 0.307 e. The van der Waals surface area contributed by atoms with Gasteiger partial charge in [0.2, 0.25) is 0 Å². The third-order valence-corrected chi connectivity index (χ3v) is 1.52. The molecule has 3 nitrogen and oxygen atoms in total. The third kappa shape index (κ3) is 8.05. The summed E-state index contributed by atoms with van der Waals surface area (Å²) < 4.78 is 5.06. The second kappa shape index (κ2) is 5.35. The maximum atomic E-state index is 11.3. The second-order valence-electron chi connectivity index (χ2n) is 5.04. The van der Waals surface area contributed by atoms with Crippen LogP contribution in [0.25, 0.3) is 0 Å². The summed E-state index contributed by atoms with van der Waals surface area (Å²) in [5.41, 5.74) is 0.0392. The van der Waals surface area contributed by atoms with Crippen LogP contribution in [0.1, 0.15) is 48.0 Å². The molecule has 0 saturated carbocycles. The number of ether oxygens (including phenoxy) is 1. The fourth-order valence-corrected chi connectivity index (χ4v) is 1.35. The van der Waals surface area contributed by atoms with Gasteiger partial charge in [-0.1, -0.05) is 0 Å². The van der Waals surface area contributed by atoms with E-state index < -0.39 is 0 Å². The predicted octanol–water partition coefficient (Wildman–Crippen LogP) is 2.10. The van der Waals surface area contributed by atoms with Crippen molar-refractivity contribution >= 4 is 5.97 Å². The normalized spacial score (nSPS) is 14.2. The Morgan fingerprint density at radius 1 is 1.29 bits per heavy atom. The molecule has 0 spiro atoms. The Hall–Kier alpha value is -0.570. The molecule has 0 aliphatic rings. The average Bonchev–Trinajstić information content (AvgIpc) is 1.77. The molecule has 0 amide bonds. The molecule has 3 heteroatoms. The second-order valence-corrected chi connectivity index (χ2v) is 5.04. The van der Waals surface area contributed by atoms with Gasteiger partial charge in [0.15, 0.2) is 0 Å². The highest BCUT2D eigenvalue weighted by Gasteiger charge is 2.17. The van der Waals surface area contributed by atoms with E-state index in [1.807, 2.05) is 20.8 Å². The van der Waals surface area contributed by atoms with Crippen molar-refractivity contribution < 1.29 is 9.53 Å². The largest absolute Gasteiger partial charge is 0.463 e. The zero-order valence-electron chi connectivity index (χ0n) is 10.2. The van der Waals surface area contributed by atoms with Crippen molar-refractivity contribution in [2.24, 2.45) is 0 Å². The molecular formula is C11H23NO2. The summed E-state index contributed by atoms with van der Waals surface area (Å²) in [7, 11) is 0. The lowest BCUT2D eigenvalue weighted by Gasteiger charge is -2.25. The van der Waals surface area contributed by atoms with Crippen molar-refractivity contribution in [3.63, 3.8) is 0 Å². The highest BCUT2D eigenvalue weighted by Crippen LogP contribution is 2.04. The molecule has 84 valence electrons. The molecule has 14 heavy (non-hydrogen) atoms. The predicted molar refractivity (Wildman–Crippen MR) is 58.2 cm³/mol. The van der Waals surface area contributed by atoms with E-state index in [4.69, 9.17) is 4.74 Å². The van der Waals surface area contributed by atoms with Crippen molar-refractivity contribution in [3.05, 3.63) is 0 Å². The number of rotatable bonds is 4. The Morgan fingerprint density at radius 2 is 1.79 bits per heavy atom. The van der Waals surface area contributed by atoms with E-state index in [1.54, 1.807) is 0 Å². The molecular weight excluding hydrogens is 178 g/mol. The summed E-state index contributed by atoms with van der Waals surface area (Å²) in [5, 5.41) is 3.32. The number of nitrogens with one attached hydrogen (secondary N) is 1. The summed E-state index contributed by atoms with van der Waals surface area (Å²) in [5.74, 6) is -0.135. The first kappa shape index (κ1) is 13.4. The third-order valence-electron chi connectivity index (χ3n) is 1.52. The van der Waals surface area contributed by atoms with Crippen LogP contribution in [0.3, 0.4) is 0 Å². The number of carbonyl (C=O) groups is 1. The molecule has 0 aliphatic carbocycles. The molecule has 0 aromatic carbocycles. The highest BCUT2D eigenvalue weighted by molar-refractivity contribution is 5.70. The van der Waals surface area contributed by atoms with E-state index in [9.17, 15) is 4.79 Å². The van der Waals surface area contributed by atoms with Crippen molar-refractivity contribution in [3.8, 4) is 0 Å². The van der Waals surface area contributed by atoms with Gasteiger partial charge in [0, 0.05) is 11.6 Å². The molecule has 0 radical (unpaired) electrons. The zero-order chi connectivity index (χ0) is 11.4. The van der Waals surface area contributed by atoms with Gasteiger partial charge in [-0.2, -0.15) is 0 Å². The maximum Gasteiger partial charge on any atom is 0.307 e. The van der Waals surface area contributed by atoms with Gasteiger partial charge in [0.25, 0.3) is 0 Å². The lowest BCUT2D eigenvalue weighted by atomic mass is 10.1. The van der Waals surface area contributed by atoms with Crippen molar-refractivity contribution in [1.29, 1.82) is 0 Å². The van der Waals surface area contributed by atoms with Gasteiger partial charge in [0.1, 0.15) is 0 Å². The number of hydrogen-bond acceptors (Lipinski definition) is 3. The van der Waals surface area contributed by atoms with Crippen LogP contribution in [0.5, 0.6) is 0 Å². The quantitative estimate of drug-likeness (QED) is 0.708. The van der Waals surface area contributed by atoms with E-state index in [-0.39, 0.29) is 23.7 Å². The van der Waals surface area contributed by atoms with Gasteiger partial charge in [-0.3, -0.25) is 4.79 Å². The van der Waals surface area contributed by atoms with Crippen LogP contribution >= 0.6 is 0 Å². The first-order valence-electron chi connectivity index (χ1n) is 5.18. The maximum absolute atomic E-state index is 11.3. The first-order chi connectivity index (χ1) is 6.20. The van der Waals surface area contributed by atoms with Crippen LogP contribution in [-0.4, -0.2) is 23.7 Å². The average molecular weight is 201 g/mol. The van der Waals surface area contributed by atoms with E-state index in [2.05, 4.69) is 26.1 Å². The Bertz CT molecular complexity index is 182. The minimum absolute atomic E-state index is 0.0238. The Balaban J connectivity index is 3.83. The zero-order valence-corrected chi connectivity index (χ0v) is 10.2. The van der Waals surface area contributed by atoms with E-state index in [0.717, 1.165) is 0 Å². The lowest BCUT2D eigenvalue weighted by molar-refractivity contribution is -0.147. The Morgan fingerprint density at radius 3 is 2.14 bits per heavy atom. The molecule has 0 unspecified atom stereocenters. The summed E-state index contributed by atoms with van der Waals surface area (Å²) >= 11 is 0. The van der Waals surface area contributed by atoms with E-state index >= 15 is 0 Å². The minimum atomic E-state index is -0.135. The van der Waals surface area contributed by atoms with Crippen molar-refractivity contribution in [2.75, 3.05) is 0 Å². The summed E-state index contributed by atoms with van der Waals surface area (Å²) in [6.07, 6.45) is 0.402. The topological polar surface area (TPSA) is 38.3 Å². The fraction of sp³-hybridized carbons (Fsp3) is 0.909. The molecule has 0 saturated heterocycles. The number of esters is 1. The molecule has 1 N–H and O–H groups in total. The van der Waals surface area contributed by atoms with Gasteiger partial charge < -0.3 is 10.1 Å². The first-order valence-corrected chi connectivity index (χ1v) is 5.18. The summed E-state index contributed by atoms with van der Waals surface area (Å²) in [6.45, 7) is 12.0. The summed E-state index contributed by atoms with van der Waals surface area (Å²) in [4.78, 5) is 11.3. The molecule has 0 rings (SSSR count). The van der Waals surface area contributed by atoms with Gasteiger partial charge in [0.05, 0.1) is 12.5 Å². The SMILES string of the molecule is CC(C)OC(=O)C[C@H](C)NC(C)(C)C. The standard InChI is InChI=1S/C11H23NO2/c1-8(2)14-10(13)7-9(3)12-11(4,5)6/h8-9,12H,7H2,1-6H3/t9-/m0/s1. The van der Waals surface area contributed by atoms with Crippen LogP contribution in [0.2, 0.25) is 0 Å². The molecule has 0 fully saturated rings. The molecule has 1 atom stereocenters. The summed E-state index contributed by atoms with van der Waals surface area (Å²) in [6, 6.07) is 0.154. The highest BCUT2D eigenvalue weighted by atomic mass is 16.5. The van der Waals surface area contributed by atoms with Gasteiger partial charge in [-0.15, -0.1) is 0 Å². The van der Waals surface area contributed by atoms with Crippen LogP contribution in [0.15, 0.2) is 0 Å². The molecule has 0 bridgehead atoms. The number of carbonyl (C=O) groups excluding carboxylic acids is 1. The van der Waals surface area contributed by atoms with Gasteiger partial charge in [-0.25, -0.2) is 0 Å².